The lowest BCUT2D eigenvalue weighted by molar-refractivity contribution is 0.415. The maximum atomic E-state index is 5.43. The Balaban J connectivity index is 0.000000810. The molecule has 0 unspecified atom stereocenters. The Kier molecular flexibility index (Phi) is 3.40. The highest BCUT2D eigenvalue weighted by Gasteiger charge is 1.85. The Labute approximate surface area is 62.6 Å². The van der Waals surface area contributed by atoms with Crippen molar-refractivity contribution in [1.29, 1.82) is 0 Å². The minimum absolute atomic E-state index is 0. The summed E-state index contributed by atoms with van der Waals surface area (Å²) in [4.78, 5) is 0. The van der Waals surface area contributed by atoms with Crippen molar-refractivity contribution < 1.29 is 4.74 Å². The maximum Gasteiger partial charge on any atom is 0.119 e. The highest BCUT2D eigenvalue weighted by atomic mass is 16.5. The molecular formula is C7H9BNO. The minimum atomic E-state index is 0. The fourth-order valence-corrected chi connectivity index (χ4v) is 0.604. The number of rotatable bonds is 1. The maximum absolute atomic E-state index is 5.43. The van der Waals surface area contributed by atoms with Crippen LogP contribution in [0.15, 0.2) is 24.3 Å². The second kappa shape index (κ2) is 3.83. The summed E-state index contributed by atoms with van der Waals surface area (Å²) < 4.78 is 4.91. The first kappa shape index (κ1) is 8.88. The van der Waals surface area contributed by atoms with Gasteiger partial charge in [0.2, 0.25) is 0 Å². The van der Waals surface area contributed by atoms with Crippen molar-refractivity contribution in [2.75, 3.05) is 12.8 Å². The fraction of sp³-hybridized carbons (Fsp3) is 0.143. The van der Waals surface area contributed by atoms with Gasteiger partial charge >= 0.3 is 0 Å². The summed E-state index contributed by atoms with van der Waals surface area (Å²) in [5, 5.41) is 0. The second-order valence-corrected chi connectivity index (χ2v) is 1.77. The number of ether oxygens (including phenoxy) is 1. The van der Waals surface area contributed by atoms with E-state index >= 15 is 0 Å². The van der Waals surface area contributed by atoms with Gasteiger partial charge in [-0.1, -0.05) is 0 Å². The number of hydrogen-bond acceptors (Lipinski definition) is 2. The topological polar surface area (TPSA) is 35.2 Å². The molecular weight excluding hydrogens is 125 g/mol. The molecule has 0 atom stereocenters. The van der Waals surface area contributed by atoms with E-state index in [1.165, 1.54) is 0 Å². The Hall–Kier alpha value is -1.12. The fourth-order valence-electron chi connectivity index (χ4n) is 0.604. The quantitative estimate of drug-likeness (QED) is 0.457. The van der Waals surface area contributed by atoms with Crippen molar-refractivity contribution in [2.45, 2.75) is 0 Å². The number of nitrogens with two attached hydrogens (primary N) is 1. The van der Waals surface area contributed by atoms with Crippen molar-refractivity contribution in [2.24, 2.45) is 0 Å². The number of hydrogen-bond donors (Lipinski definition) is 1. The van der Waals surface area contributed by atoms with E-state index in [0.717, 1.165) is 11.4 Å². The van der Waals surface area contributed by atoms with Crippen LogP contribution in [0.25, 0.3) is 0 Å². The van der Waals surface area contributed by atoms with Crippen LogP contribution in [0.3, 0.4) is 0 Å². The molecule has 51 valence electrons. The molecule has 1 rings (SSSR count). The van der Waals surface area contributed by atoms with E-state index in [2.05, 4.69) is 0 Å². The summed E-state index contributed by atoms with van der Waals surface area (Å²) in [7, 11) is 1.63. The molecule has 0 saturated carbocycles. The van der Waals surface area contributed by atoms with E-state index in [4.69, 9.17) is 10.5 Å². The molecule has 0 fully saturated rings. The number of benzene rings is 1. The Morgan fingerprint density at radius 2 is 1.70 bits per heavy atom. The van der Waals surface area contributed by atoms with Crippen LogP contribution in [-0.4, -0.2) is 15.5 Å². The predicted molar refractivity (Wildman–Crippen MR) is 43.2 cm³/mol. The first-order chi connectivity index (χ1) is 4.33. The van der Waals surface area contributed by atoms with Crippen molar-refractivity contribution in [1.82, 2.24) is 0 Å². The molecule has 0 aliphatic carbocycles. The van der Waals surface area contributed by atoms with E-state index in [-0.39, 0.29) is 8.41 Å². The summed E-state index contributed by atoms with van der Waals surface area (Å²) in [6.45, 7) is 0. The van der Waals surface area contributed by atoms with Crippen molar-refractivity contribution in [3.05, 3.63) is 24.3 Å². The third-order valence-electron chi connectivity index (χ3n) is 1.12. The van der Waals surface area contributed by atoms with E-state index in [9.17, 15) is 0 Å². The van der Waals surface area contributed by atoms with Crippen molar-refractivity contribution in [3.63, 3.8) is 0 Å². The van der Waals surface area contributed by atoms with Gasteiger partial charge in [-0.25, -0.2) is 0 Å². The molecule has 3 heteroatoms. The first-order valence-corrected chi connectivity index (χ1v) is 2.72. The normalized spacial score (nSPS) is 8.10. The van der Waals surface area contributed by atoms with Crippen LogP contribution >= 0.6 is 0 Å². The molecule has 1 aromatic carbocycles. The zero-order chi connectivity index (χ0) is 6.69. The molecule has 3 radical (unpaired) electrons. The zero-order valence-corrected chi connectivity index (χ0v) is 5.87. The lowest BCUT2D eigenvalue weighted by Gasteiger charge is -1.97. The van der Waals surface area contributed by atoms with Gasteiger partial charge in [0.25, 0.3) is 0 Å². The van der Waals surface area contributed by atoms with Crippen LogP contribution < -0.4 is 10.5 Å². The van der Waals surface area contributed by atoms with Crippen LogP contribution in [0.4, 0.5) is 5.69 Å². The summed E-state index contributed by atoms with van der Waals surface area (Å²) >= 11 is 0. The average Bonchev–Trinajstić information content (AvgIpc) is 1.90. The number of nitrogen functional groups attached to an aromatic ring is 1. The molecule has 0 aliphatic heterocycles. The molecule has 2 N–H and O–H groups in total. The van der Waals surface area contributed by atoms with Gasteiger partial charge in [-0.05, 0) is 24.3 Å². The van der Waals surface area contributed by atoms with E-state index in [1.807, 2.05) is 12.1 Å². The SMILES string of the molecule is COc1ccc(N)cc1.[B]. The van der Waals surface area contributed by atoms with Crippen LogP contribution in [0.1, 0.15) is 0 Å². The van der Waals surface area contributed by atoms with Gasteiger partial charge in [-0.15, -0.1) is 0 Å². The molecule has 0 spiro atoms. The van der Waals surface area contributed by atoms with Crippen LogP contribution in [0.2, 0.25) is 0 Å². The van der Waals surface area contributed by atoms with Gasteiger partial charge in [-0.3, -0.25) is 0 Å². The first-order valence-electron chi connectivity index (χ1n) is 2.72. The predicted octanol–water partition coefficient (Wildman–Crippen LogP) is 0.897. The van der Waals surface area contributed by atoms with Gasteiger partial charge < -0.3 is 10.5 Å². The third-order valence-corrected chi connectivity index (χ3v) is 1.12. The molecule has 0 saturated heterocycles. The smallest absolute Gasteiger partial charge is 0.119 e. The van der Waals surface area contributed by atoms with Gasteiger partial charge in [0.1, 0.15) is 5.75 Å². The molecule has 10 heavy (non-hydrogen) atoms. The number of anilines is 1. The molecule has 0 amide bonds. The van der Waals surface area contributed by atoms with E-state index in [1.54, 1.807) is 19.2 Å². The summed E-state index contributed by atoms with van der Waals surface area (Å²) in [6, 6.07) is 7.27. The van der Waals surface area contributed by atoms with Crippen LogP contribution in [-0.2, 0) is 0 Å². The van der Waals surface area contributed by atoms with Crippen LogP contribution in [0, 0.1) is 0 Å². The zero-order valence-electron chi connectivity index (χ0n) is 5.87. The number of methoxy groups -OCH3 is 1. The van der Waals surface area contributed by atoms with Gasteiger partial charge in [0, 0.05) is 14.1 Å². The Morgan fingerprint density at radius 1 is 1.20 bits per heavy atom. The molecule has 0 heterocycles. The lowest BCUT2D eigenvalue weighted by atomic mass is 10.3. The largest absolute Gasteiger partial charge is 0.497 e. The Morgan fingerprint density at radius 3 is 2.10 bits per heavy atom. The summed E-state index contributed by atoms with van der Waals surface area (Å²) in [5.74, 6) is 0.837. The molecule has 1 aromatic rings. The average molecular weight is 134 g/mol. The van der Waals surface area contributed by atoms with Gasteiger partial charge in [-0.2, -0.15) is 0 Å². The lowest BCUT2D eigenvalue weighted by Crippen LogP contribution is -1.84. The standard InChI is InChI=1S/C7H9NO.B/c1-9-7-4-2-6(8)3-5-7;/h2-5H,8H2,1H3;. The summed E-state index contributed by atoms with van der Waals surface area (Å²) in [5.41, 5.74) is 6.19. The van der Waals surface area contributed by atoms with E-state index < -0.39 is 0 Å². The highest BCUT2D eigenvalue weighted by molar-refractivity contribution is 5.75. The van der Waals surface area contributed by atoms with Crippen LogP contribution in [0.5, 0.6) is 5.75 Å². The van der Waals surface area contributed by atoms with Crippen molar-refractivity contribution >= 4 is 14.1 Å². The van der Waals surface area contributed by atoms with Gasteiger partial charge in [0.15, 0.2) is 0 Å². The van der Waals surface area contributed by atoms with Gasteiger partial charge in [0.05, 0.1) is 7.11 Å². The molecule has 2 nitrogen and oxygen atoms in total. The molecule has 0 aromatic heterocycles. The molecule has 0 aliphatic rings. The second-order valence-electron chi connectivity index (χ2n) is 1.77. The minimum Gasteiger partial charge on any atom is -0.497 e. The third kappa shape index (κ3) is 2.01. The van der Waals surface area contributed by atoms with E-state index in [0.29, 0.717) is 0 Å². The summed E-state index contributed by atoms with van der Waals surface area (Å²) in [6.07, 6.45) is 0. The Bertz CT molecular complexity index is 185. The van der Waals surface area contributed by atoms with Crippen molar-refractivity contribution in [3.8, 4) is 5.75 Å². The highest BCUT2D eigenvalue weighted by Crippen LogP contribution is 2.11. The monoisotopic (exact) mass is 134 g/mol. The molecule has 0 bridgehead atoms.